The first-order valence-electron chi connectivity index (χ1n) is 26.7. The molecule has 0 rings (SSSR count). The van der Waals surface area contributed by atoms with E-state index in [9.17, 15) is 19.4 Å². The molecule has 0 aliphatic carbocycles. The number of phosphoric acid groups is 1. The molecule has 0 spiro atoms. The molecular weight excluding hydrogens is 816 g/mol. The Morgan fingerprint density at radius 3 is 1.38 bits per heavy atom. The van der Waals surface area contributed by atoms with E-state index in [0.717, 1.165) is 70.6 Å². The lowest BCUT2D eigenvalue weighted by Crippen LogP contribution is -2.46. The van der Waals surface area contributed by atoms with Crippen LogP contribution in [0.1, 0.15) is 232 Å². The van der Waals surface area contributed by atoms with Crippen LogP contribution in [0.5, 0.6) is 0 Å². The normalized spacial score (nSPS) is 14.5. The van der Waals surface area contributed by atoms with Crippen LogP contribution in [0.2, 0.25) is 0 Å². The van der Waals surface area contributed by atoms with E-state index in [0.29, 0.717) is 23.9 Å². The van der Waals surface area contributed by atoms with E-state index >= 15 is 0 Å². The molecule has 0 aromatic carbocycles. The molecule has 0 radical (unpaired) electrons. The molecule has 0 aliphatic heterocycles. The molecule has 8 nitrogen and oxygen atoms in total. The third kappa shape index (κ3) is 48.1. The van der Waals surface area contributed by atoms with Gasteiger partial charge in [0.25, 0.3) is 0 Å². The van der Waals surface area contributed by atoms with Crippen molar-refractivity contribution in [3.05, 3.63) is 60.8 Å². The topological polar surface area (TPSA) is 105 Å². The molecule has 0 fully saturated rings. The lowest BCUT2D eigenvalue weighted by atomic mass is 10.0. The van der Waals surface area contributed by atoms with Gasteiger partial charge in [-0.1, -0.05) is 229 Å². The van der Waals surface area contributed by atoms with E-state index in [2.05, 4.69) is 79.9 Å². The molecule has 0 bridgehead atoms. The Bertz CT molecular complexity index is 1230. The van der Waals surface area contributed by atoms with Crippen LogP contribution in [0.3, 0.4) is 0 Å². The summed E-state index contributed by atoms with van der Waals surface area (Å²) < 4.78 is 23.6. The van der Waals surface area contributed by atoms with Crippen LogP contribution in [-0.4, -0.2) is 73.4 Å². The summed E-state index contributed by atoms with van der Waals surface area (Å²) in [6, 6.07) is -0.759. The van der Waals surface area contributed by atoms with Crippen LogP contribution in [0.15, 0.2) is 60.8 Å². The molecule has 0 saturated carbocycles. The highest BCUT2D eigenvalue weighted by molar-refractivity contribution is 7.47. The van der Waals surface area contributed by atoms with Gasteiger partial charge in [0.2, 0.25) is 5.91 Å². The second-order valence-electron chi connectivity index (χ2n) is 19.2. The number of phosphoric ester groups is 1. The minimum absolute atomic E-state index is 0.0740. The van der Waals surface area contributed by atoms with Crippen molar-refractivity contribution in [1.29, 1.82) is 0 Å². The smallest absolute Gasteiger partial charge is 0.391 e. The van der Waals surface area contributed by atoms with Gasteiger partial charge in [-0.15, -0.1) is 0 Å². The standard InChI is InChI=1S/C55H103N2O6P/c1-6-8-10-12-14-16-17-18-19-20-21-22-23-24-25-26-27-28-29-30-31-32-33-34-35-36-37-38-39-41-43-45-47-49-55(59)56-53(52-63-64(60,61)62-51-50-57(3,4)5)54(58)48-46-44-42-40-15-13-11-9-7-2/h8,10,14,16,18-19,21-22,24-25,53-54,58H,6-7,9,11-13,15,17,20,23,26-52H2,1-5H3,(H-,56,59,60,61)/p+1/b10-8-,16-14-,19-18-,22-21-,25-24-. The Morgan fingerprint density at radius 1 is 0.547 bits per heavy atom. The molecule has 0 aromatic heterocycles. The van der Waals surface area contributed by atoms with Gasteiger partial charge in [-0.05, 0) is 57.8 Å². The average molecular weight is 920 g/mol. The van der Waals surface area contributed by atoms with Gasteiger partial charge in [0.05, 0.1) is 39.9 Å². The molecule has 64 heavy (non-hydrogen) atoms. The Kier molecular flexibility index (Phi) is 45.0. The summed E-state index contributed by atoms with van der Waals surface area (Å²) >= 11 is 0. The van der Waals surface area contributed by atoms with Crippen molar-refractivity contribution < 1.29 is 32.9 Å². The molecule has 0 aromatic rings. The number of nitrogens with one attached hydrogen (secondary N) is 1. The van der Waals surface area contributed by atoms with Crippen LogP contribution in [0.25, 0.3) is 0 Å². The van der Waals surface area contributed by atoms with E-state index in [1.54, 1.807) is 0 Å². The van der Waals surface area contributed by atoms with E-state index in [-0.39, 0.29) is 19.1 Å². The van der Waals surface area contributed by atoms with Crippen LogP contribution in [-0.2, 0) is 18.4 Å². The number of rotatable bonds is 48. The van der Waals surface area contributed by atoms with Crippen LogP contribution < -0.4 is 5.32 Å². The SMILES string of the molecule is CC/C=C\C/C=C\C/C=C\C/C=C\C/C=C\CCCCCCCCCCCCCCCCCCCC(=O)NC(COP(=O)(O)OCC[N+](C)(C)C)C(O)CCCCCCCCCCC. The molecule has 9 heteroatoms. The average Bonchev–Trinajstić information content (AvgIpc) is 3.25. The third-order valence-corrected chi connectivity index (χ3v) is 12.8. The van der Waals surface area contributed by atoms with Gasteiger partial charge in [-0.3, -0.25) is 13.8 Å². The first-order valence-corrected chi connectivity index (χ1v) is 28.1. The van der Waals surface area contributed by atoms with Crippen molar-refractivity contribution >= 4 is 13.7 Å². The van der Waals surface area contributed by atoms with E-state index in [1.165, 1.54) is 135 Å². The maximum Gasteiger partial charge on any atom is 0.472 e. The van der Waals surface area contributed by atoms with Gasteiger partial charge in [-0.25, -0.2) is 4.57 Å². The van der Waals surface area contributed by atoms with Crippen molar-refractivity contribution in [2.45, 2.75) is 244 Å². The summed E-state index contributed by atoms with van der Waals surface area (Å²) in [5.74, 6) is -0.147. The van der Waals surface area contributed by atoms with Gasteiger partial charge < -0.3 is 19.8 Å². The fourth-order valence-corrected chi connectivity index (χ4v) is 8.34. The quantitative estimate of drug-likeness (QED) is 0.0243. The molecule has 3 N–H and O–H groups in total. The molecule has 1 amide bonds. The lowest BCUT2D eigenvalue weighted by molar-refractivity contribution is -0.870. The van der Waals surface area contributed by atoms with Crippen molar-refractivity contribution in [2.75, 3.05) is 40.9 Å². The van der Waals surface area contributed by atoms with Crippen LogP contribution in [0, 0.1) is 0 Å². The molecule has 3 atom stereocenters. The number of carbonyl (C=O) groups is 1. The fraction of sp³-hybridized carbons (Fsp3) is 0.800. The van der Waals surface area contributed by atoms with E-state index in [1.807, 2.05) is 21.1 Å². The van der Waals surface area contributed by atoms with E-state index in [4.69, 9.17) is 9.05 Å². The summed E-state index contributed by atoms with van der Waals surface area (Å²) in [7, 11) is 1.61. The highest BCUT2D eigenvalue weighted by Crippen LogP contribution is 2.43. The highest BCUT2D eigenvalue weighted by atomic mass is 31.2. The third-order valence-electron chi connectivity index (χ3n) is 11.8. The minimum Gasteiger partial charge on any atom is -0.391 e. The molecule has 0 saturated heterocycles. The predicted molar refractivity (Wildman–Crippen MR) is 277 cm³/mol. The Labute approximate surface area is 396 Å². The lowest BCUT2D eigenvalue weighted by Gasteiger charge is -2.26. The fourth-order valence-electron chi connectivity index (χ4n) is 7.60. The molecule has 3 unspecified atom stereocenters. The molecule has 374 valence electrons. The highest BCUT2D eigenvalue weighted by Gasteiger charge is 2.28. The molecule has 0 heterocycles. The largest absolute Gasteiger partial charge is 0.472 e. The molecular formula is C55H104N2O6P+. The number of unbranched alkanes of at least 4 members (excludes halogenated alkanes) is 25. The summed E-state index contributed by atoms with van der Waals surface area (Å²) in [5.41, 5.74) is 0. The number of aliphatic hydroxyl groups excluding tert-OH is 1. The van der Waals surface area contributed by atoms with Gasteiger partial charge >= 0.3 is 7.82 Å². The summed E-state index contributed by atoms with van der Waals surface area (Å²) in [6.45, 7) is 4.75. The summed E-state index contributed by atoms with van der Waals surface area (Å²) in [5, 5.41) is 13.9. The Balaban J connectivity index is 3.95. The number of amides is 1. The van der Waals surface area contributed by atoms with E-state index < -0.39 is 20.0 Å². The van der Waals surface area contributed by atoms with Crippen LogP contribution in [0.4, 0.5) is 0 Å². The minimum atomic E-state index is -4.31. The zero-order valence-electron chi connectivity index (χ0n) is 42.5. The zero-order valence-corrected chi connectivity index (χ0v) is 43.4. The number of nitrogens with zero attached hydrogens (tertiary/aromatic N) is 1. The van der Waals surface area contributed by atoms with Gasteiger partial charge in [0.15, 0.2) is 0 Å². The van der Waals surface area contributed by atoms with Crippen molar-refractivity contribution in [1.82, 2.24) is 5.32 Å². The molecule has 0 aliphatic rings. The Morgan fingerprint density at radius 2 is 0.938 bits per heavy atom. The van der Waals surface area contributed by atoms with Gasteiger partial charge in [-0.2, -0.15) is 0 Å². The second-order valence-corrected chi connectivity index (χ2v) is 20.7. The summed E-state index contributed by atoms with van der Waals surface area (Å²) in [6.07, 6.45) is 61.5. The number of hydrogen-bond donors (Lipinski definition) is 3. The zero-order chi connectivity index (χ0) is 47.1. The first kappa shape index (κ1) is 62.2. The van der Waals surface area contributed by atoms with Crippen molar-refractivity contribution in [3.8, 4) is 0 Å². The number of allylic oxidation sites excluding steroid dienone is 10. The van der Waals surface area contributed by atoms with Crippen molar-refractivity contribution in [2.24, 2.45) is 0 Å². The van der Waals surface area contributed by atoms with Crippen LogP contribution >= 0.6 is 7.82 Å². The maximum atomic E-state index is 12.9. The maximum absolute atomic E-state index is 12.9. The number of likely N-dealkylation sites (N-methyl/N-ethyl adjacent to an activating group) is 1. The Hall–Kier alpha value is -1.80. The van der Waals surface area contributed by atoms with Gasteiger partial charge in [0.1, 0.15) is 13.2 Å². The monoisotopic (exact) mass is 920 g/mol. The van der Waals surface area contributed by atoms with Crippen molar-refractivity contribution in [3.63, 3.8) is 0 Å². The summed E-state index contributed by atoms with van der Waals surface area (Å²) in [4.78, 5) is 23.2. The first-order chi connectivity index (χ1) is 31.0. The number of carbonyl (C=O) groups excluding carboxylic acids is 1. The number of aliphatic hydroxyl groups is 1. The second kappa shape index (κ2) is 46.3. The predicted octanol–water partition coefficient (Wildman–Crippen LogP) is 15.8. The number of quaternary nitrogens is 1. The number of hydrogen-bond acceptors (Lipinski definition) is 5. The van der Waals surface area contributed by atoms with Gasteiger partial charge in [0, 0.05) is 6.42 Å².